The van der Waals surface area contributed by atoms with Crippen molar-refractivity contribution in [2.75, 3.05) is 19.7 Å². The number of likely N-dealkylation sites (tertiary alicyclic amines) is 1. The first-order chi connectivity index (χ1) is 10.7. The number of amides is 1. The van der Waals surface area contributed by atoms with Gasteiger partial charge in [0.05, 0.1) is 5.52 Å². The second-order valence-electron chi connectivity index (χ2n) is 5.26. The predicted molar refractivity (Wildman–Crippen MR) is 81.7 cm³/mol. The number of carbonyl (C=O) groups is 1. The predicted octanol–water partition coefficient (Wildman–Crippen LogP) is 1.68. The largest absolute Gasteiger partial charge is 0.445 e. The van der Waals surface area contributed by atoms with Crippen molar-refractivity contribution < 1.29 is 9.53 Å². The van der Waals surface area contributed by atoms with Crippen LogP contribution in [0.5, 0.6) is 0 Å². The van der Waals surface area contributed by atoms with Crippen LogP contribution in [0.2, 0.25) is 0 Å². The molecule has 0 unspecified atom stereocenters. The lowest BCUT2D eigenvalue weighted by Gasteiger charge is -2.31. The highest BCUT2D eigenvalue weighted by molar-refractivity contribution is 5.70. The summed E-state index contributed by atoms with van der Waals surface area (Å²) in [4.78, 5) is 32.5. The van der Waals surface area contributed by atoms with E-state index in [2.05, 4.69) is 16.5 Å². The van der Waals surface area contributed by atoms with Gasteiger partial charge in [0.1, 0.15) is 6.61 Å². The van der Waals surface area contributed by atoms with Crippen molar-refractivity contribution in [3.05, 3.63) is 41.5 Å². The van der Waals surface area contributed by atoms with Gasteiger partial charge in [0.25, 0.3) is 0 Å². The van der Waals surface area contributed by atoms with Gasteiger partial charge in [0.15, 0.2) is 5.65 Å². The minimum atomic E-state index is -0.328. The van der Waals surface area contributed by atoms with Crippen LogP contribution >= 0.6 is 0 Å². The van der Waals surface area contributed by atoms with Gasteiger partial charge < -0.3 is 9.64 Å². The maximum absolute atomic E-state index is 12.1. The van der Waals surface area contributed by atoms with Crippen molar-refractivity contribution in [2.24, 2.45) is 0 Å². The number of aromatic nitrogens is 3. The number of hydrogen-bond acceptors (Lipinski definition) is 4. The smallest absolute Gasteiger partial charge is 0.410 e. The maximum atomic E-state index is 12.1. The third-order valence-corrected chi connectivity index (χ3v) is 3.90. The molecule has 0 radical (unpaired) electrons. The number of imidazole rings is 1. The molecule has 3 heterocycles. The van der Waals surface area contributed by atoms with Gasteiger partial charge in [-0.2, -0.15) is 0 Å². The Balaban J connectivity index is 1.73. The van der Waals surface area contributed by atoms with Crippen LogP contribution in [-0.2, 0) is 4.74 Å². The summed E-state index contributed by atoms with van der Waals surface area (Å²) in [6.45, 7) is 4.87. The van der Waals surface area contributed by atoms with Crippen LogP contribution in [0.1, 0.15) is 18.9 Å². The zero-order chi connectivity index (χ0) is 15.5. The number of aromatic amines is 1. The van der Waals surface area contributed by atoms with E-state index in [1.165, 1.54) is 0 Å². The molecular formula is C15H18N4O3. The molecule has 1 N–H and O–H groups in total. The number of H-pyrrole nitrogens is 1. The number of ether oxygens (including phenoxy) is 1. The lowest BCUT2D eigenvalue weighted by Crippen LogP contribution is -2.40. The van der Waals surface area contributed by atoms with Gasteiger partial charge in [-0.3, -0.25) is 9.55 Å². The second kappa shape index (κ2) is 6.05. The highest BCUT2D eigenvalue weighted by Crippen LogP contribution is 2.24. The molecule has 0 spiro atoms. The van der Waals surface area contributed by atoms with Crippen molar-refractivity contribution in [1.29, 1.82) is 0 Å². The Kier molecular flexibility index (Phi) is 3.95. The summed E-state index contributed by atoms with van der Waals surface area (Å²) >= 11 is 0. The van der Waals surface area contributed by atoms with Crippen molar-refractivity contribution in [1.82, 2.24) is 19.4 Å². The lowest BCUT2D eigenvalue weighted by atomic mass is 10.1. The van der Waals surface area contributed by atoms with Gasteiger partial charge >= 0.3 is 11.8 Å². The number of piperidine rings is 1. The summed E-state index contributed by atoms with van der Waals surface area (Å²) in [6.07, 6.45) is 4.30. The third kappa shape index (κ3) is 2.61. The highest BCUT2D eigenvalue weighted by Gasteiger charge is 2.26. The fraction of sp³-hybridized carbons (Fsp3) is 0.400. The van der Waals surface area contributed by atoms with Crippen LogP contribution in [0, 0.1) is 0 Å². The number of pyridine rings is 1. The van der Waals surface area contributed by atoms with E-state index < -0.39 is 0 Å². The Morgan fingerprint density at radius 3 is 3.00 bits per heavy atom. The third-order valence-electron chi connectivity index (χ3n) is 3.90. The monoisotopic (exact) mass is 302 g/mol. The van der Waals surface area contributed by atoms with Gasteiger partial charge in [-0.1, -0.05) is 12.7 Å². The lowest BCUT2D eigenvalue weighted by molar-refractivity contribution is 0.0972. The molecule has 1 saturated heterocycles. The van der Waals surface area contributed by atoms with Gasteiger partial charge in [-0.25, -0.2) is 14.6 Å². The quantitative estimate of drug-likeness (QED) is 0.875. The molecule has 7 heteroatoms. The van der Waals surface area contributed by atoms with Crippen molar-refractivity contribution in [3.8, 4) is 0 Å². The van der Waals surface area contributed by atoms with Crippen molar-refractivity contribution in [2.45, 2.75) is 18.9 Å². The zero-order valence-electron chi connectivity index (χ0n) is 12.2. The Morgan fingerprint density at radius 2 is 2.27 bits per heavy atom. The van der Waals surface area contributed by atoms with E-state index in [4.69, 9.17) is 4.74 Å². The minimum absolute atomic E-state index is 0.0638. The molecular weight excluding hydrogens is 284 g/mol. The first-order valence-corrected chi connectivity index (χ1v) is 7.28. The standard InChI is InChI=1S/C15H18N4O3/c1-2-10-22-15(21)18-8-5-11(6-9-18)19-12-4-3-7-16-13(12)17-14(19)20/h2-4,7,11H,1,5-6,8-10H2,(H,16,17,20). The topological polar surface area (TPSA) is 80.2 Å². The van der Waals surface area contributed by atoms with Gasteiger partial charge in [0.2, 0.25) is 0 Å². The Hall–Kier alpha value is -2.57. The molecule has 2 aromatic rings. The SMILES string of the molecule is C=CCOC(=O)N1CCC(n2c(=O)[nH]c3ncccc32)CC1. The summed E-state index contributed by atoms with van der Waals surface area (Å²) in [6, 6.07) is 3.76. The molecule has 0 aliphatic carbocycles. The molecule has 0 aromatic carbocycles. The Morgan fingerprint density at radius 1 is 1.50 bits per heavy atom. The molecule has 1 aliphatic heterocycles. The minimum Gasteiger partial charge on any atom is -0.445 e. The molecule has 22 heavy (non-hydrogen) atoms. The van der Waals surface area contributed by atoms with Crippen LogP contribution in [0.25, 0.3) is 11.2 Å². The molecule has 0 bridgehead atoms. The van der Waals surface area contributed by atoms with E-state index in [0.29, 0.717) is 31.6 Å². The Bertz CT molecular complexity index is 741. The zero-order valence-corrected chi connectivity index (χ0v) is 12.2. The van der Waals surface area contributed by atoms with Crippen LogP contribution in [-0.4, -0.2) is 45.2 Å². The normalized spacial score (nSPS) is 15.9. The fourth-order valence-corrected chi connectivity index (χ4v) is 2.85. The number of hydrogen-bond donors (Lipinski definition) is 1. The summed E-state index contributed by atoms with van der Waals surface area (Å²) < 4.78 is 6.78. The van der Waals surface area contributed by atoms with Crippen LogP contribution in [0.3, 0.4) is 0 Å². The molecule has 1 amide bonds. The highest BCUT2D eigenvalue weighted by atomic mass is 16.6. The number of rotatable bonds is 3. The molecule has 3 rings (SSSR count). The van der Waals surface area contributed by atoms with Crippen LogP contribution < -0.4 is 5.69 Å². The van der Waals surface area contributed by atoms with Gasteiger partial charge in [-0.15, -0.1) is 0 Å². The van der Waals surface area contributed by atoms with E-state index in [1.807, 2.05) is 12.1 Å². The van der Waals surface area contributed by atoms with Gasteiger partial charge in [-0.05, 0) is 25.0 Å². The second-order valence-corrected chi connectivity index (χ2v) is 5.26. The summed E-state index contributed by atoms with van der Waals surface area (Å²) in [5.74, 6) is 0. The van der Waals surface area contributed by atoms with E-state index in [9.17, 15) is 9.59 Å². The molecule has 1 aliphatic rings. The van der Waals surface area contributed by atoms with E-state index in [0.717, 1.165) is 5.52 Å². The molecule has 116 valence electrons. The summed E-state index contributed by atoms with van der Waals surface area (Å²) in [5, 5.41) is 0. The average Bonchev–Trinajstić information content (AvgIpc) is 2.88. The van der Waals surface area contributed by atoms with E-state index in [1.54, 1.807) is 21.7 Å². The molecule has 7 nitrogen and oxygen atoms in total. The van der Waals surface area contributed by atoms with Crippen LogP contribution in [0.15, 0.2) is 35.8 Å². The molecule has 0 saturated carbocycles. The molecule has 0 atom stereocenters. The summed E-state index contributed by atoms with van der Waals surface area (Å²) in [5.41, 5.74) is 1.25. The van der Waals surface area contributed by atoms with Crippen molar-refractivity contribution >= 4 is 17.3 Å². The fourth-order valence-electron chi connectivity index (χ4n) is 2.85. The average molecular weight is 302 g/mol. The van der Waals surface area contributed by atoms with E-state index in [-0.39, 0.29) is 24.4 Å². The van der Waals surface area contributed by atoms with Gasteiger partial charge in [0, 0.05) is 25.3 Å². The van der Waals surface area contributed by atoms with E-state index >= 15 is 0 Å². The number of carbonyl (C=O) groups excluding carboxylic acids is 1. The summed E-state index contributed by atoms with van der Waals surface area (Å²) in [7, 11) is 0. The Labute approximate surface area is 127 Å². The number of nitrogens with one attached hydrogen (secondary N) is 1. The molecule has 2 aromatic heterocycles. The number of nitrogens with zero attached hydrogens (tertiary/aromatic N) is 3. The first kappa shape index (κ1) is 14.4. The number of fused-ring (bicyclic) bond motifs is 1. The van der Waals surface area contributed by atoms with Crippen LogP contribution in [0.4, 0.5) is 4.79 Å². The molecule has 1 fully saturated rings. The first-order valence-electron chi connectivity index (χ1n) is 7.28. The maximum Gasteiger partial charge on any atom is 0.410 e. The van der Waals surface area contributed by atoms with Crippen molar-refractivity contribution in [3.63, 3.8) is 0 Å².